The molecule has 0 bridgehead atoms. The van der Waals surface area contributed by atoms with E-state index in [1.807, 2.05) is 30.3 Å². The van der Waals surface area contributed by atoms with E-state index in [-0.39, 0.29) is 0 Å². The number of benzene rings is 2. The number of hydrogen-bond donors (Lipinski definition) is 2. The van der Waals surface area contributed by atoms with Crippen LogP contribution in [0, 0.1) is 6.92 Å². The SMILES string of the molecule is COc1ccc(CN(Cc2ccc(OC)cc2)c2nc3cc(CN)[nH]c3cc2C)cc1. The second kappa shape index (κ2) is 9.10. The number of nitrogens with zero attached hydrogens (tertiary/aromatic N) is 2. The lowest BCUT2D eigenvalue weighted by Gasteiger charge is -2.26. The van der Waals surface area contributed by atoms with Gasteiger partial charge in [-0.2, -0.15) is 0 Å². The van der Waals surface area contributed by atoms with Crippen molar-refractivity contribution in [2.45, 2.75) is 26.6 Å². The zero-order valence-corrected chi connectivity index (χ0v) is 18.2. The highest BCUT2D eigenvalue weighted by Gasteiger charge is 2.15. The summed E-state index contributed by atoms with van der Waals surface area (Å²) in [5.41, 5.74) is 12.2. The number of fused-ring (bicyclic) bond motifs is 1. The molecule has 2 aromatic heterocycles. The molecule has 2 aromatic carbocycles. The summed E-state index contributed by atoms with van der Waals surface area (Å²) in [7, 11) is 3.36. The van der Waals surface area contributed by atoms with Crippen LogP contribution in [-0.4, -0.2) is 24.2 Å². The van der Waals surface area contributed by atoms with E-state index in [1.165, 1.54) is 11.1 Å². The Kier molecular flexibility index (Phi) is 6.09. The molecule has 0 aliphatic heterocycles. The molecule has 0 fully saturated rings. The fourth-order valence-corrected chi connectivity index (χ4v) is 3.74. The van der Waals surface area contributed by atoms with Gasteiger partial charge in [0.2, 0.25) is 0 Å². The van der Waals surface area contributed by atoms with Crippen LogP contribution in [0.4, 0.5) is 5.82 Å². The van der Waals surface area contributed by atoms with E-state index in [0.717, 1.165) is 52.7 Å². The maximum absolute atomic E-state index is 5.81. The zero-order chi connectivity index (χ0) is 21.8. The zero-order valence-electron chi connectivity index (χ0n) is 18.2. The molecule has 0 spiro atoms. The van der Waals surface area contributed by atoms with Crippen molar-refractivity contribution >= 4 is 16.9 Å². The van der Waals surface area contributed by atoms with Gasteiger partial charge < -0.3 is 25.1 Å². The standard InChI is InChI=1S/C25H28N4O2/c1-17-12-23-24(13-20(14-26)27-23)28-25(17)29(15-18-4-8-21(30-2)9-5-18)16-19-6-10-22(31-3)11-7-19/h4-13,27H,14-16,26H2,1-3H3. The molecule has 4 aromatic rings. The van der Waals surface area contributed by atoms with Gasteiger partial charge in [-0.3, -0.25) is 0 Å². The third-order valence-corrected chi connectivity index (χ3v) is 5.41. The van der Waals surface area contributed by atoms with Gasteiger partial charge in [-0.05, 0) is 60.0 Å². The number of aromatic nitrogens is 2. The number of ether oxygens (including phenoxy) is 2. The Bertz CT molecular complexity index is 1100. The molecule has 0 atom stereocenters. The van der Waals surface area contributed by atoms with E-state index in [2.05, 4.69) is 47.1 Å². The molecule has 6 nitrogen and oxygen atoms in total. The van der Waals surface area contributed by atoms with Crippen molar-refractivity contribution in [1.29, 1.82) is 0 Å². The smallest absolute Gasteiger partial charge is 0.132 e. The summed E-state index contributed by atoms with van der Waals surface area (Å²) in [6, 6.07) is 20.5. The highest BCUT2D eigenvalue weighted by molar-refractivity contribution is 5.79. The van der Waals surface area contributed by atoms with Crippen LogP contribution in [0.2, 0.25) is 0 Å². The molecule has 0 amide bonds. The average Bonchev–Trinajstić information content (AvgIpc) is 3.21. The van der Waals surface area contributed by atoms with Crippen molar-refractivity contribution in [3.05, 3.63) is 83.0 Å². The normalized spacial score (nSPS) is 11.0. The molecule has 6 heteroatoms. The Balaban J connectivity index is 1.70. The third-order valence-electron chi connectivity index (χ3n) is 5.41. The van der Waals surface area contributed by atoms with Crippen molar-refractivity contribution < 1.29 is 9.47 Å². The average molecular weight is 417 g/mol. The Morgan fingerprint density at radius 3 is 1.90 bits per heavy atom. The molecule has 160 valence electrons. The topological polar surface area (TPSA) is 76.4 Å². The number of aromatic amines is 1. The van der Waals surface area contributed by atoms with Crippen LogP contribution in [0.25, 0.3) is 11.0 Å². The van der Waals surface area contributed by atoms with Crippen LogP contribution < -0.4 is 20.1 Å². The first-order valence-electron chi connectivity index (χ1n) is 10.3. The summed E-state index contributed by atoms with van der Waals surface area (Å²) in [6.07, 6.45) is 0. The quantitative estimate of drug-likeness (QED) is 0.441. The fraction of sp³-hybridized carbons (Fsp3) is 0.240. The second-order valence-corrected chi connectivity index (χ2v) is 7.61. The van der Waals surface area contributed by atoms with Crippen LogP contribution >= 0.6 is 0 Å². The third kappa shape index (κ3) is 4.64. The first-order chi connectivity index (χ1) is 15.1. The van der Waals surface area contributed by atoms with Gasteiger partial charge >= 0.3 is 0 Å². The van der Waals surface area contributed by atoms with Crippen LogP contribution in [0.1, 0.15) is 22.4 Å². The van der Waals surface area contributed by atoms with Gasteiger partial charge in [-0.1, -0.05) is 24.3 Å². The van der Waals surface area contributed by atoms with Crippen LogP contribution in [0.5, 0.6) is 11.5 Å². The summed E-state index contributed by atoms with van der Waals surface area (Å²) < 4.78 is 10.6. The minimum atomic E-state index is 0.464. The number of hydrogen-bond acceptors (Lipinski definition) is 5. The molecule has 0 saturated heterocycles. The highest BCUT2D eigenvalue weighted by atomic mass is 16.5. The summed E-state index contributed by atoms with van der Waals surface area (Å²) in [5, 5.41) is 0. The van der Waals surface area contributed by atoms with Gasteiger partial charge in [0.1, 0.15) is 17.3 Å². The molecular formula is C25H28N4O2. The maximum atomic E-state index is 5.81. The maximum Gasteiger partial charge on any atom is 0.132 e. The Hall–Kier alpha value is -3.51. The van der Waals surface area contributed by atoms with E-state index in [1.54, 1.807) is 14.2 Å². The summed E-state index contributed by atoms with van der Waals surface area (Å²) in [4.78, 5) is 10.6. The Morgan fingerprint density at radius 1 is 0.871 bits per heavy atom. The van der Waals surface area contributed by atoms with E-state index < -0.39 is 0 Å². The van der Waals surface area contributed by atoms with Crippen LogP contribution in [0.3, 0.4) is 0 Å². The number of nitrogens with two attached hydrogens (primary N) is 1. The molecule has 0 aliphatic carbocycles. The van der Waals surface area contributed by atoms with Gasteiger partial charge in [0, 0.05) is 25.3 Å². The highest BCUT2D eigenvalue weighted by Crippen LogP contribution is 2.27. The summed E-state index contributed by atoms with van der Waals surface area (Å²) in [5.74, 6) is 2.66. The number of rotatable bonds is 8. The lowest BCUT2D eigenvalue weighted by Crippen LogP contribution is -2.24. The number of methoxy groups -OCH3 is 2. The molecule has 2 heterocycles. The number of aryl methyl sites for hydroxylation is 1. The summed E-state index contributed by atoms with van der Waals surface area (Å²) in [6.45, 7) is 4.01. The predicted octanol–water partition coefficient (Wildman–Crippen LogP) is 4.55. The molecule has 0 radical (unpaired) electrons. The number of anilines is 1. The van der Waals surface area contributed by atoms with Crippen LogP contribution in [0.15, 0.2) is 60.7 Å². The monoisotopic (exact) mass is 416 g/mol. The largest absolute Gasteiger partial charge is 0.497 e. The van der Waals surface area contributed by atoms with Crippen molar-refractivity contribution in [1.82, 2.24) is 9.97 Å². The molecule has 31 heavy (non-hydrogen) atoms. The molecule has 4 rings (SSSR count). The first kappa shape index (κ1) is 20.8. The number of pyridine rings is 1. The minimum absolute atomic E-state index is 0.464. The van der Waals surface area contributed by atoms with E-state index in [4.69, 9.17) is 20.2 Å². The van der Waals surface area contributed by atoms with Crippen molar-refractivity contribution in [2.75, 3.05) is 19.1 Å². The van der Waals surface area contributed by atoms with E-state index >= 15 is 0 Å². The Labute approximate surface area is 182 Å². The predicted molar refractivity (Wildman–Crippen MR) is 125 cm³/mol. The van der Waals surface area contributed by atoms with Crippen molar-refractivity contribution in [2.24, 2.45) is 5.73 Å². The van der Waals surface area contributed by atoms with Gasteiger partial charge in [-0.25, -0.2) is 4.98 Å². The fourth-order valence-electron chi connectivity index (χ4n) is 3.74. The molecule has 0 unspecified atom stereocenters. The Morgan fingerprint density at radius 2 is 1.42 bits per heavy atom. The number of H-pyrrole nitrogens is 1. The number of nitrogens with one attached hydrogen (secondary N) is 1. The van der Waals surface area contributed by atoms with Crippen molar-refractivity contribution in [3.8, 4) is 11.5 Å². The first-order valence-corrected chi connectivity index (χ1v) is 10.3. The van der Waals surface area contributed by atoms with E-state index in [0.29, 0.717) is 6.54 Å². The van der Waals surface area contributed by atoms with Gasteiger partial charge in [-0.15, -0.1) is 0 Å². The van der Waals surface area contributed by atoms with E-state index in [9.17, 15) is 0 Å². The summed E-state index contributed by atoms with van der Waals surface area (Å²) >= 11 is 0. The minimum Gasteiger partial charge on any atom is -0.497 e. The lowest BCUT2D eigenvalue weighted by atomic mass is 10.1. The van der Waals surface area contributed by atoms with Crippen LogP contribution in [-0.2, 0) is 19.6 Å². The lowest BCUT2D eigenvalue weighted by molar-refractivity contribution is 0.414. The molecule has 0 saturated carbocycles. The van der Waals surface area contributed by atoms with Gasteiger partial charge in [0.05, 0.1) is 25.3 Å². The molecule has 3 N–H and O–H groups in total. The molecule has 0 aliphatic rings. The molecular weight excluding hydrogens is 388 g/mol. The second-order valence-electron chi connectivity index (χ2n) is 7.61. The van der Waals surface area contributed by atoms with Gasteiger partial charge in [0.15, 0.2) is 0 Å². The van der Waals surface area contributed by atoms with Gasteiger partial charge in [0.25, 0.3) is 0 Å². The van der Waals surface area contributed by atoms with Crippen molar-refractivity contribution in [3.63, 3.8) is 0 Å².